The van der Waals surface area contributed by atoms with Crippen molar-refractivity contribution >= 4 is 22.5 Å². The third-order valence-corrected chi connectivity index (χ3v) is 4.16. The van der Waals surface area contributed by atoms with Crippen LogP contribution in [0, 0.1) is 0 Å². The number of nitrogens with zero attached hydrogens (tertiary/aromatic N) is 5. The van der Waals surface area contributed by atoms with Gasteiger partial charge < -0.3 is 9.88 Å². The number of hydrogen-bond acceptors (Lipinski definition) is 4. The number of amides is 1. The van der Waals surface area contributed by atoms with Crippen LogP contribution in [0.3, 0.4) is 0 Å². The molecule has 0 aliphatic heterocycles. The predicted octanol–water partition coefficient (Wildman–Crippen LogP) is 3.28. The number of carbonyl (C=O) groups excluding carboxylic acids is 1. The number of rotatable bonds is 5. The monoisotopic (exact) mass is 346 g/mol. The van der Waals surface area contributed by atoms with Gasteiger partial charge in [0.25, 0.3) is 5.91 Å². The average molecular weight is 346 g/mol. The molecule has 0 atom stereocenters. The van der Waals surface area contributed by atoms with Gasteiger partial charge in [0.1, 0.15) is 12.7 Å². The van der Waals surface area contributed by atoms with E-state index in [0.717, 1.165) is 29.6 Å². The molecule has 7 nitrogen and oxygen atoms in total. The molecule has 1 aromatic carbocycles. The van der Waals surface area contributed by atoms with Gasteiger partial charge in [0.15, 0.2) is 5.82 Å². The zero-order chi connectivity index (χ0) is 17.9. The number of fused-ring (bicyclic) bond motifs is 1. The molecule has 1 amide bonds. The van der Waals surface area contributed by atoms with Gasteiger partial charge in [-0.2, -0.15) is 5.10 Å². The molecule has 0 saturated carbocycles. The van der Waals surface area contributed by atoms with E-state index in [1.165, 1.54) is 17.2 Å². The van der Waals surface area contributed by atoms with Gasteiger partial charge in [-0.05, 0) is 42.1 Å². The SMILES string of the molecule is CCCn1ccc2ccc(NC(=O)c3ccc(-n4cncn4)nc3)cc21. The molecule has 0 bridgehead atoms. The van der Waals surface area contributed by atoms with Crippen molar-refractivity contribution in [3.63, 3.8) is 0 Å². The first-order chi connectivity index (χ1) is 12.7. The number of aryl methyl sites for hydroxylation is 1. The van der Waals surface area contributed by atoms with Crippen molar-refractivity contribution in [2.24, 2.45) is 0 Å². The number of carbonyl (C=O) groups is 1. The zero-order valence-electron chi connectivity index (χ0n) is 14.3. The number of hydrogen-bond donors (Lipinski definition) is 1. The van der Waals surface area contributed by atoms with Crippen LogP contribution in [0.4, 0.5) is 5.69 Å². The molecule has 3 aromatic heterocycles. The zero-order valence-corrected chi connectivity index (χ0v) is 14.3. The summed E-state index contributed by atoms with van der Waals surface area (Å²) in [5.74, 6) is 0.411. The molecule has 0 aliphatic rings. The highest BCUT2D eigenvalue weighted by molar-refractivity contribution is 6.05. The summed E-state index contributed by atoms with van der Waals surface area (Å²) in [7, 11) is 0. The molecule has 0 aliphatic carbocycles. The van der Waals surface area contributed by atoms with Crippen LogP contribution in [0.15, 0.2) is 61.4 Å². The second-order valence-corrected chi connectivity index (χ2v) is 5.98. The Morgan fingerprint density at radius 3 is 2.85 bits per heavy atom. The number of anilines is 1. The summed E-state index contributed by atoms with van der Waals surface area (Å²) >= 11 is 0. The summed E-state index contributed by atoms with van der Waals surface area (Å²) in [6.07, 6.45) is 7.66. The Morgan fingerprint density at radius 2 is 2.12 bits per heavy atom. The van der Waals surface area contributed by atoms with E-state index in [1.54, 1.807) is 18.5 Å². The second kappa shape index (κ2) is 6.79. The third-order valence-electron chi connectivity index (χ3n) is 4.16. The van der Waals surface area contributed by atoms with Crippen molar-refractivity contribution in [1.29, 1.82) is 0 Å². The van der Waals surface area contributed by atoms with Gasteiger partial charge in [0.05, 0.1) is 11.1 Å². The minimum absolute atomic E-state index is 0.199. The first-order valence-electron chi connectivity index (χ1n) is 8.46. The number of benzene rings is 1. The van der Waals surface area contributed by atoms with Crippen LogP contribution < -0.4 is 5.32 Å². The smallest absolute Gasteiger partial charge is 0.257 e. The quantitative estimate of drug-likeness (QED) is 0.601. The molecule has 1 N–H and O–H groups in total. The number of nitrogens with one attached hydrogen (secondary N) is 1. The molecule has 26 heavy (non-hydrogen) atoms. The van der Waals surface area contributed by atoms with Gasteiger partial charge in [0.2, 0.25) is 0 Å². The van der Waals surface area contributed by atoms with E-state index in [-0.39, 0.29) is 5.91 Å². The Hall–Kier alpha value is -3.48. The molecule has 0 radical (unpaired) electrons. The summed E-state index contributed by atoms with van der Waals surface area (Å²) in [5.41, 5.74) is 2.36. The van der Waals surface area contributed by atoms with Crippen LogP contribution in [0.1, 0.15) is 23.7 Å². The first kappa shape index (κ1) is 16.0. The van der Waals surface area contributed by atoms with Gasteiger partial charge in [0, 0.05) is 24.6 Å². The maximum atomic E-state index is 12.5. The molecule has 0 saturated heterocycles. The highest BCUT2D eigenvalue weighted by Crippen LogP contribution is 2.21. The molecule has 7 heteroatoms. The van der Waals surface area contributed by atoms with Crippen molar-refractivity contribution < 1.29 is 4.79 Å². The van der Waals surface area contributed by atoms with E-state index >= 15 is 0 Å². The second-order valence-electron chi connectivity index (χ2n) is 5.98. The molecule has 0 spiro atoms. The Morgan fingerprint density at radius 1 is 1.19 bits per heavy atom. The molecule has 4 rings (SSSR count). The maximum absolute atomic E-state index is 12.5. The van der Waals surface area contributed by atoms with E-state index in [1.807, 2.05) is 18.2 Å². The van der Waals surface area contributed by atoms with Gasteiger partial charge in [-0.3, -0.25) is 4.79 Å². The van der Waals surface area contributed by atoms with Crippen LogP contribution in [-0.2, 0) is 6.54 Å². The van der Waals surface area contributed by atoms with Crippen LogP contribution in [0.2, 0.25) is 0 Å². The Kier molecular flexibility index (Phi) is 4.18. The topological polar surface area (TPSA) is 77.6 Å². The normalized spacial score (nSPS) is 11.0. The highest BCUT2D eigenvalue weighted by Gasteiger charge is 2.09. The maximum Gasteiger partial charge on any atom is 0.257 e. The van der Waals surface area contributed by atoms with Gasteiger partial charge >= 0.3 is 0 Å². The van der Waals surface area contributed by atoms with E-state index in [2.05, 4.69) is 44.1 Å². The fourth-order valence-electron chi connectivity index (χ4n) is 2.88. The van der Waals surface area contributed by atoms with Gasteiger partial charge in [-0.1, -0.05) is 13.0 Å². The van der Waals surface area contributed by atoms with Crippen molar-refractivity contribution in [2.75, 3.05) is 5.32 Å². The lowest BCUT2D eigenvalue weighted by Gasteiger charge is -2.08. The van der Waals surface area contributed by atoms with Gasteiger partial charge in [-0.15, -0.1) is 0 Å². The minimum Gasteiger partial charge on any atom is -0.347 e. The van der Waals surface area contributed by atoms with Crippen LogP contribution >= 0.6 is 0 Å². The van der Waals surface area contributed by atoms with E-state index in [9.17, 15) is 4.79 Å². The standard InChI is InChI=1S/C19H18N6O/c1-2-8-24-9-7-14-3-5-16(10-17(14)24)23-19(26)15-4-6-18(21-11-15)25-13-20-12-22-25/h3-7,9-13H,2,8H2,1H3,(H,23,26). The predicted molar refractivity (Wildman–Crippen MR) is 99.3 cm³/mol. The van der Waals surface area contributed by atoms with Crippen molar-refractivity contribution in [1.82, 2.24) is 24.3 Å². The number of aromatic nitrogens is 5. The van der Waals surface area contributed by atoms with Crippen LogP contribution in [0.5, 0.6) is 0 Å². The highest BCUT2D eigenvalue weighted by atomic mass is 16.1. The largest absolute Gasteiger partial charge is 0.347 e. The number of pyridine rings is 1. The molecular weight excluding hydrogens is 328 g/mol. The van der Waals surface area contributed by atoms with E-state index < -0.39 is 0 Å². The summed E-state index contributed by atoms with van der Waals surface area (Å²) < 4.78 is 3.73. The third kappa shape index (κ3) is 3.06. The fraction of sp³-hybridized carbons (Fsp3) is 0.158. The lowest BCUT2D eigenvalue weighted by Crippen LogP contribution is -2.12. The Balaban J connectivity index is 1.54. The van der Waals surface area contributed by atoms with Crippen molar-refractivity contribution in [3.05, 3.63) is 67.0 Å². The summed E-state index contributed by atoms with van der Waals surface area (Å²) in [6, 6.07) is 11.5. The lowest BCUT2D eigenvalue weighted by atomic mass is 10.2. The molecule has 130 valence electrons. The lowest BCUT2D eigenvalue weighted by molar-refractivity contribution is 0.102. The summed E-state index contributed by atoms with van der Waals surface area (Å²) in [5, 5.41) is 8.12. The van der Waals surface area contributed by atoms with Crippen molar-refractivity contribution in [3.8, 4) is 5.82 Å². The van der Waals surface area contributed by atoms with Crippen LogP contribution in [-0.4, -0.2) is 30.2 Å². The summed E-state index contributed by atoms with van der Waals surface area (Å²) in [4.78, 5) is 20.6. The molecule has 0 fully saturated rings. The molecular formula is C19H18N6O. The summed E-state index contributed by atoms with van der Waals surface area (Å²) in [6.45, 7) is 3.10. The van der Waals surface area contributed by atoms with Crippen molar-refractivity contribution in [2.45, 2.75) is 19.9 Å². The molecule has 0 unspecified atom stereocenters. The van der Waals surface area contributed by atoms with E-state index in [4.69, 9.17) is 0 Å². The van der Waals surface area contributed by atoms with Gasteiger partial charge in [-0.25, -0.2) is 14.6 Å². The molecule has 4 aromatic rings. The first-order valence-corrected chi connectivity index (χ1v) is 8.46. The van der Waals surface area contributed by atoms with E-state index in [0.29, 0.717) is 11.4 Å². The average Bonchev–Trinajstić information content (AvgIpc) is 3.33. The fourth-order valence-corrected chi connectivity index (χ4v) is 2.88. The molecule has 3 heterocycles. The van der Waals surface area contributed by atoms with Crippen LogP contribution in [0.25, 0.3) is 16.7 Å². The minimum atomic E-state index is -0.199. The Labute approximate surface area is 150 Å². The Bertz CT molecular complexity index is 1030.